The summed E-state index contributed by atoms with van der Waals surface area (Å²) in [5.74, 6) is 1.68. The SMILES string of the molecule is CC1CC2(CCN1C)CN=C(N)N2CC1CC1. The Labute approximate surface area is 104 Å². The fourth-order valence-electron chi connectivity index (χ4n) is 3.29. The number of hydrogen-bond acceptors (Lipinski definition) is 4. The molecule has 1 saturated heterocycles. The first-order valence-corrected chi connectivity index (χ1v) is 6.88. The first-order valence-electron chi connectivity index (χ1n) is 6.88. The Morgan fingerprint density at radius 3 is 2.88 bits per heavy atom. The number of piperidine rings is 1. The number of aliphatic imine (C=N–C) groups is 1. The number of likely N-dealkylation sites (tertiary alicyclic amines) is 1. The van der Waals surface area contributed by atoms with E-state index in [0.29, 0.717) is 6.04 Å². The summed E-state index contributed by atoms with van der Waals surface area (Å²) in [6.07, 6.45) is 5.19. The van der Waals surface area contributed by atoms with Gasteiger partial charge in [0.05, 0.1) is 12.1 Å². The van der Waals surface area contributed by atoms with Crippen molar-refractivity contribution in [2.24, 2.45) is 16.6 Å². The maximum atomic E-state index is 6.10. The van der Waals surface area contributed by atoms with Gasteiger partial charge in [-0.05, 0) is 45.6 Å². The van der Waals surface area contributed by atoms with Crippen LogP contribution >= 0.6 is 0 Å². The average molecular weight is 236 g/mol. The van der Waals surface area contributed by atoms with Crippen LogP contribution in [0.15, 0.2) is 4.99 Å². The quantitative estimate of drug-likeness (QED) is 0.774. The standard InChI is InChI=1S/C13H24N4/c1-10-7-13(5-6-16(10)2)9-15-12(14)17(13)8-11-3-4-11/h10-11H,3-9H2,1-2H3,(H2,14,15). The monoisotopic (exact) mass is 236 g/mol. The zero-order valence-corrected chi connectivity index (χ0v) is 11.0. The van der Waals surface area contributed by atoms with Crippen molar-refractivity contribution in [3.63, 3.8) is 0 Å². The molecule has 17 heavy (non-hydrogen) atoms. The maximum Gasteiger partial charge on any atom is 0.191 e. The van der Waals surface area contributed by atoms with E-state index < -0.39 is 0 Å². The molecule has 4 heteroatoms. The molecule has 0 aromatic heterocycles. The Hall–Kier alpha value is -0.770. The van der Waals surface area contributed by atoms with Gasteiger partial charge in [-0.2, -0.15) is 0 Å². The van der Waals surface area contributed by atoms with Crippen molar-refractivity contribution in [3.8, 4) is 0 Å². The first kappa shape index (κ1) is 11.3. The second-order valence-electron chi connectivity index (χ2n) is 6.24. The molecule has 96 valence electrons. The summed E-state index contributed by atoms with van der Waals surface area (Å²) in [5, 5.41) is 0. The third-order valence-electron chi connectivity index (χ3n) is 4.88. The summed E-state index contributed by atoms with van der Waals surface area (Å²) >= 11 is 0. The lowest BCUT2D eigenvalue weighted by Gasteiger charge is -2.47. The van der Waals surface area contributed by atoms with E-state index in [-0.39, 0.29) is 5.54 Å². The minimum atomic E-state index is 0.249. The molecule has 2 heterocycles. The van der Waals surface area contributed by atoms with Gasteiger partial charge in [0.15, 0.2) is 5.96 Å². The summed E-state index contributed by atoms with van der Waals surface area (Å²) in [6, 6.07) is 0.645. The highest BCUT2D eigenvalue weighted by molar-refractivity contribution is 5.81. The summed E-state index contributed by atoms with van der Waals surface area (Å²) < 4.78 is 0. The van der Waals surface area contributed by atoms with Gasteiger partial charge in [-0.3, -0.25) is 4.99 Å². The Bertz CT molecular complexity index is 336. The third kappa shape index (κ3) is 1.92. The van der Waals surface area contributed by atoms with Gasteiger partial charge in [0, 0.05) is 19.1 Å². The van der Waals surface area contributed by atoms with Crippen molar-refractivity contribution in [1.82, 2.24) is 9.80 Å². The highest BCUT2D eigenvalue weighted by Gasteiger charge is 2.47. The van der Waals surface area contributed by atoms with Crippen LogP contribution in [0.4, 0.5) is 0 Å². The molecule has 3 aliphatic rings. The molecule has 2 aliphatic heterocycles. The molecule has 4 nitrogen and oxygen atoms in total. The van der Waals surface area contributed by atoms with E-state index in [4.69, 9.17) is 5.73 Å². The van der Waals surface area contributed by atoms with Crippen molar-refractivity contribution in [1.29, 1.82) is 0 Å². The van der Waals surface area contributed by atoms with Crippen LogP contribution in [-0.2, 0) is 0 Å². The summed E-state index contributed by atoms with van der Waals surface area (Å²) in [7, 11) is 2.22. The number of guanidine groups is 1. The zero-order chi connectivity index (χ0) is 12.0. The molecule has 0 radical (unpaired) electrons. The number of rotatable bonds is 2. The van der Waals surface area contributed by atoms with Gasteiger partial charge in [0.1, 0.15) is 0 Å². The average Bonchev–Trinajstić information content (AvgIpc) is 3.07. The molecule has 0 amide bonds. The molecular formula is C13H24N4. The molecule has 2 atom stereocenters. The zero-order valence-electron chi connectivity index (χ0n) is 11.0. The van der Waals surface area contributed by atoms with Crippen LogP contribution in [0.3, 0.4) is 0 Å². The third-order valence-corrected chi connectivity index (χ3v) is 4.88. The molecule has 1 saturated carbocycles. The summed E-state index contributed by atoms with van der Waals surface area (Å²) in [4.78, 5) is 9.43. The molecule has 2 unspecified atom stereocenters. The van der Waals surface area contributed by atoms with Crippen LogP contribution in [0.5, 0.6) is 0 Å². The smallest absolute Gasteiger partial charge is 0.191 e. The predicted molar refractivity (Wildman–Crippen MR) is 70.0 cm³/mol. The Balaban J connectivity index is 1.76. The number of nitrogens with zero attached hydrogens (tertiary/aromatic N) is 3. The normalized spacial score (nSPS) is 38.8. The summed E-state index contributed by atoms with van der Waals surface area (Å²) in [5.41, 5.74) is 6.35. The molecule has 0 aromatic carbocycles. The van der Waals surface area contributed by atoms with Crippen molar-refractivity contribution in [2.75, 3.05) is 26.7 Å². The Kier molecular flexibility index (Phi) is 2.58. The van der Waals surface area contributed by atoms with E-state index in [1.54, 1.807) is 0 Å². The Morgan fingerprint density at radius 2 is 2.24 bits per heavy atom. The first-order chi connectivity index (χ1) is 8.11. The fraction of sp³-hybridized carbons (Fsp3) is 0.923. The van der Waals surface area contributed by atoms with Gasteiger partial charge >= 0.3 is 0 Å². The lowest BCUT2D eigenvalue weighted by atomic mass is 9.83. The molecular weight excluding hydrogens is 212 g/mol. The van der Waals surface area contributed by atoms with Crippen LogP contribution in [0.2, 0.25) is 0 Å². The van der Waals surface area contributed by atoms with Gasteiger partial charge in [-0.15, -0.1) is 0 Å². The molecule has 1 aliphatic carbocycles. The topological polar surface area (TPSA) is 44.9 Å². The van der Waals surface area contributed by atoms with Crippen LogP contribution in [0.25, 0.3) is 0 Å². The second kappa shape index (κ2) is 3.87. The highest BCUT2D eigenvalue weighted by Crippen LogP contribution is 2.39. The highest BCUT2D eigenvalue weighted by atomic mass is 15.4. The molecule has 3 rings (SSSR count). The minimum absolute atomic E-state index is 0.249. The lowest BCUT2D eigenvalue weighted by Crippen LogP contribution is -2.59. The van der Waals surface area contributed by atoms with Crippen LogP contribution < -0.4 is 5.73 Å². The van der Waals surface area contributed by atoms with E-state index in [1.165, 1.54) is 32.2 Å². The van der Waals surface area contributed by atoms with Crippen molar-refractivity contribution >= 4 is 5.96 Å². The predicted octanol–water partition coefficient (Wildman–Crippen LogP) is 0.880. The molecule has 2 fully saturated rings. The summed E-state index contributed by atoms with van der Waals surface area (Å²) in [6.45, 7) is 5.56. The van der Waals surface area contributed by atoms with Gasteiger partial charge in [-0.1, -0.05) is 0 Å². The molecule has 1 spiro atoms. The largest absolute Gasteiger partial charge is 0.370 e. The van der Waals surface area contributed by atoms with E-state index >= 15 is 0 Å². The van der Waals surface area contributed by atoms with Crippen LogP contribution in [0.1, 0.15) is 32.6 Å². The van der Waals surface area contributed by atoms with Crippen LogP contribution in [0, 0.1) is 5.92 Å². The van der Waals surface area contributed by atoms with E-state index in [9.17, 15) is 0 Å². The van der Waals surface area contributed by atoms with Gasteiger partial charge < -0.3 is 15.5 Å². The number of nitrogens with two attached hydrogens (primary N) is 1. The second-order valence-corrected chi connectivity index (χ2v) is 6.24. The molecule has 0 aromatic rings. The van der Waals surface area contributed by atoms with Crippen LogP contribution in [-0.4, -0.2) is 54.0 Å². The molecule has 2 N–H and O–H groups in total. The van der Waals surface area contributed by atoms with E-state index in [2.05, 4.69) is 28.8 Å². The van der Waals surface area contributed by atoms with E-state index in [0.717, 1.165) is 25.0 Å². The fourth-order valence-corrected chi connectivity index (χ4v) is 3.29. The van der Waals surface area contributed by atoms with Crippen molar-refractivity contribution < 1.29 is 0 Å². The Morgan fingerprint density at radius 1 is 1.47 bits per heavy atom. The van der Waals surface area contributed by atoms with E-state index in [1.807, 2.05) is 0 Å². The van der Waals surface area contributed by atoms with Crippen molar-refractivity contribution in [3.05, 3.63) is 0 Å². The van der Waals surface area contributed by atoms with Gasteiger partial charge in [0.25, 0.3) is 0 Å². The van der Waals surface area contributed by atoms with Gasteiger partial charge in [0.2, 0.25) is 0 Å². The minimum Gasteiger partial charge on any atom is -0.370 e. The molecule has 0 bridgehead atoms. The lowest BCUT2D eigenvalue weighted by molar-refractivity contribution is 0.0610. The maximum absolute atomic E-state index is 6.10. The van der Waals surface area contributed by atoms with Crippen molar-refractivity contribution in [2.45, 2.75) is 44.2 Å². The van der Waals surface area contributed by atoms with Gasteiger partial charge in [-0.25, -0.2) is 0 Å². The number of hydrogen-bond donors (Lipinski definition) is 1.